The number of likely N-dealkylation sites (N-methyl/N-ethyl adjacent to an activating group) is 1. The fourth-order valence-electron chi connectivity index (χ4n) is 4.10. The van der Waals surface area contributed by atoms with Crippen LogP contribution in [0, 0.1) is 11.6 Å². The minimum atomic E-state index is -0.910. The maximum Gasteiger partial charge on any atom is 0.241 e. The summed E-state index contributed by atoms with van der Waals surface area (Å²) < 4.78 is 27.3. The van der Waals surface area contributed by atoms with Crippen molar-refractivity contribution in [1.82, 2.24) is 15.1 Å². The highest BCUT2D eigenvalue weighted by molar-refractivity contribution is 5.87. The summed E-state index contributed by atoms with van der Waals surface area (Å²) in [5, 5.41) is 2.60. The van der Waals surface area contributed by atoms with Gasteiger partial charge in [0, 0.05) is 33.1 Å². The third-order valence-corrected chi connectivity index (χ3v) is 5.96. The molecule has 2 unspecified atom stereocenters. The predicted octanol–water partition coefficient (Wildman–Crippen LogP) is 1.25. The minimum Gasteiger partial charge on any atom is -0.368 e. The average Bonchev–Trinajstić information content (AvgIpc) is 2.82. The van der Waals surface area contributed by atoms with Crippen LogP contribution >= 0.6 is 0 Å². The summed E-state index contributed by atoms with van der Waals surface area (Å²) in [4.78, 5) is 40.9. The molecule has 0 spiro atoms. The van der Waals surface area contributed by atoms with Crippen molar-refractivity contribution in [3.63, 3.8) is 0 Å². The van der Waals surface area contributed by atoms with Crippen molar-refractivity contribution < 1.29 is 23.2 Å². The fourth-order valence-corrected chi connectivity index (χ4v) is 4.10. The smallest absolute Gasteiger partial charge is 0.241 e. The van der Waals surface area contributed by atoms with Gasteiger partial charge in [-0.1, -0.05) is 30.3 Å². The van der Waals surface area contributed by atoms with E-state index in [-0.39, 0.29) is 43.6 Å². The van der Waals surface area contributed by atoms with E-state index < -0.39 is 23.8 Å². The zero-order chi connectivity index (χ0) is 24.0. The molecule has 9 heteroatoms. The number of nitrogens with zero attached hydrogens (tertiary/aromatic N) is 2. The van der Waals surface area contributed by atoms with E-state index in [4.69, 9.17) is 5.73 Å². The van der Waals surface area contributed by atoms with Gasteiger partial charge in [0.05, 0.1) is 6.04 Å². The van der Waals surface area contributed by atoms with Crippen molar-refractivity contribution in [2.24, 2.45) is 5.73 Å². The zero-order valence-electron chi connectivity index (χ0n) is 18.5. The molecule has 0 saturated carbocycles. The van der Waals surface area contributed by atoms with Gasteiger partial charge in [-0.2, -0.15) is 0 Å². The minimum absolute atomic E-state index is 0.0736. The maximum atomic E-state index is 14.2. The second-order valence-electron chi connectivity index (χ2n) is 8.05. The van der Waals surface area contributed by atoms with Crippen LogP contribution in [0.2, 0.25) is 0 Å². The van der Waals surface area contributed by atoms with E-state index >= 15 is 0 Å². The molecule has 3 amide bonds. The quantitative estimate of drug-likeness (QED) is 0.623. The summed E-state index contributed by atoms with van der Waals surface area (Å²) >= 11 is 0. The molecule has 1 heterocycles. The second-order valence-corrected chi connectivity index (χ2v) is 8.05. The van der Waals surface area contributed by atoms with E-state index in [0.29, 0.717) is 18.5 Å². The number of hydrogen-bond acceptors (Lipinski definition) is 4. The third-order valence-electron chi connectivity index (χ3n) is 5.96. The number of amides is 3. The number of nitrogens with two attached hydrogens (primary N) is 1. The number of hydrogen-bond donors (Lipinski definition) is 2. The lowest BCUT2D eigenvalue weighted by molar-refractivity contribution is -0.144. The van der Waals surface area contributed by atoms with Gasteiger partial charge in [0.15, 0.2) is 0 Å². The molecule has 176 valence electrons. The van der Waals surface area contributed by atoms with Crippen molar-refractivity contribution >= 4 is 17.7 Å². The van der Waals surface area contributed by atoms with E-state index in [0.717, 1.165) is 5.56 Å². The van der Waals surface area contributed by atoms with Gasteiger partial charge < -0.3 is 16.0 Å². The Morgan fingerprint density at radius 2 is 1.79 bits per heavy atom. The van der Waals surface area contributed by atoms with Crippen LogP contribution in [0.4, 0.5) is 8.78 Å². The fraction of sp³-hybridized carbons (Fsp3) is 0.375. The van der Waals surface area contributed by atoms with Crippen molar-refractivity contribution in [3.05, 3.63) is 71.3 Å². The van der Waals surface area contributed by atoms with Gasteiger partial charge in [-0.3, -0.25) is 19.3 Å². The van der Waals surface area contributed by atoms with Crippen LogP contribution in [0.1, 0.15) is 17.5 Å². The van der Waals surface area contributed by atoms with Crippen molar-refractivity contribution in [1.29, 1.82) is 0 Å². The van der Waals surface area contributed by atoms with Gasteiger partial charge in [0.1, 0.15) is 17.7 Å². The zero-order valence-corrected chi connectivity index (χ0v) is 18.5. The molecule has 0 aliphatic carbocycles. The first kappa shape index (κ1) is 24.3. The third kappa shape index (κ3) is 6.13. The molecule has 3 rings (SSSR count). The number of aryl methyl sites for hydroxylation is 1. The number of nitrogens with one attached hydrogen (secondary N) is 1. The Morgan fingerprint density at radius 3 is 2.42 bits per heavy atom. The van der Waals surface area contributed by atoms with E-state index in [1.807, 2.05) is 0 Å². The summed E-state index contributed by atoms with van der Waals surface area (Å²) in [5.41, 5.74) is 6.80. The summed E-state index contributed by atoms with van der Waals surface area (Å²) in [5.74, 6) is -1.98. The number of carbonyl (C=O) groups excluding carboxylic acids is 3. The molecule has 3 N–H and O–H groups in total. The molecular formula is C24H28F2N4O3. The number of halogens is 2. The lowest BCUT2D eigenvalue weighted by atomic mass is 10.00. The van der Waals surface area contributed by atoms with E-state index in [2.05, 4.69) is 5.32 Å². The largest absolute Gasteiger partial charge is 0.368 e. The molecule has 0 radical (unpaired) electrons. The highest BCUT2D eigenvalue weighted by atomic mass is 19.1. The Labute approximate surface area is 191 Å². The van der Waals surface area contributed by atoms with Gasteiger partial charge in [-0.05, 0) is 42.2 Å². The highest BCUT2D eigenvalue weighted by Gasteiger charge is 2.38. The van der Waals surface area contributed by atoms with E-state index in [1.165, 1.54) is 30.1 Å². The molecule has 2 atom stereocenters. The summed E-state index contributed by atoms with van der Waals surface area (Å²) in [7, 11) is 1.50. The monoisotopic (exact) mass is 458 g/mol. The lowest BCUT2D eigenvalue weighted by Gasteiger charge is -2.42. The normalized spacial score (nSPS) is 17.4. The van der Waals surface area contributed by atoms with Crippen LogP contribution in [-0.4, -0.2) is 66.3 Å². The molecule has 2 aromatic rings. The first-order valence-electron chi connectivity index (χ1n) is 10.8. The highest BCUT2D eigenvalue weighted by Crippen LogP contribution is 2.19. The second kappa shape index (κ2) is 11.0. The molecule has 1 fully saturated rings. The van der Waals surface area contributed by atoms with Gasteiger partial charge in [-0.15, -0.1) is 0 Å². The first-order valence-corrected chi connectivity index (χ1v) is 10.8. The molecular weight excluding hydrogens is 430 g/mol. The van der Waals surface area contributed by atoms with Gasteiger partial charge in [-0.25, -0.2) is 8.78 Å². The first-order chi connectivity index (χ1) is 15.8. The van der Waals surface area contributed by atoms with Crippen LogP contribution in [-0.2, 0) is 27.2 Å². The van der Waals surface area contributed by atoms with E-state index in [9.17, 15) is 23.2 Å². The van der Waals surface area contributed by atoms with Crippen molar-refractivity contribution in [2.45, 2.75) is 31.3 Å². The Hall–Kier alpha value is -3.33. The topological polar surface area (TPSA) is 95.7 Å². The maximum absolute atomic E-state index is 14.2. The molecule has 0 bridgehead atoms. The van der Waals surface area contributed by atoms with Crippen LogP contribution in [0.5, 0.6) is 0 Å². The standard InChI is InChI=1S/C24H28F2N4O3/c1-28-24(33)20(14-17-4-2-3-5-19(17)26)29-12-13-30(21(15-29)23(27)32)22(31)11-8-16-6-9-18(25)10-7-16/h2-7,9-10,20-21H,8,11-15H2,1H3,(H2,27,32)(H,28,33). The Balaban J connectivity index is 1.70. The summed E-state index contributed by atoms with van der Waals surface area (Å²) in [6.07, 6.45) is 0.665. The van der Waals surface area contributed by atoms with Crippen molar-refractivity contribution in [3.8, 4) is 0 Å². The summed E-state index contributed by atoms with van der Waals surface area (Å²) in [6, 6.07) is 10.5. The average molecular weight is 459 g/mol. The number of piperazine rings is 1. The number of carbonyl (C=O) groups is 3. The SMILES string of the molecule is CNC(=O)C(Cc1ccccc1F)N1CCN(C(=O)CCc2ccc(F)cc2)C(C(N)=O)C1. The Kier molecular flexibility index (Phi) is 8.11. The summed E-state index contributed by atoms with van der Waals surface area (Å²) in [6.45, 7) is 0.614. The lowest BCUT2D eigenvalue weighted by Crippen LogP contribution is -2.63. The number of benzene rings is 2. The van der Waals surface area contributed by atoms with E-state index in [1.54, 1.807) is 35.2 Å². The molecule has 2 aromatic carbocycles. The number of primary amides is 1. The van der Waals surface area contributed by atoms with Crippen LogP contribution < -0.4 is 11.1 Å². The van der Waals surface area contributed by atoms with Crippen molar-refractivity contribution in [2.75, 3.05) is 26.7 Å². The van der Waals surface area contributed by atoms with Gasteiger partial charge in [0.25, 0.3) is 0 Å². The molecule has 7 nitrogen and oxygen atoms in total. The van der Waals surface area contributed by atoms with Gasteiger partial charge >= 0.3 is 0 Å². The van der Waals surface area contributed by atoms with Crippen LogP contribution in [0.25, 0.3) is 0 Å². The Morgan fingerprint density at radius 1 is 1.09 bits per heavy atom. The van der Waals surface area contributed by atoms with Crippen LogP contribution in [0.3, 0.4) is 0 Å². The van der Waals surface area contributed by atoms with Gasteiger partial charge in [0.2, 0.25) is 17.7 Å². The molecule has 1 saturated heterocycles. The molecule has 0 aromatic heterocycles. The number of rotatable bonds is 8. The molecule has 1 aliphatic rings. The molecule has 33 heavy (non-hydrogen) atoms. The predicted molar refractivity (Wildman–Crippen MR) is 119 cm³/mol. The Bertz CT molecular complexity index is 999. The van der Waals surface area contributed by atoms with Crippen LogP contribution in [0.15, 0.2) is 48.5 Å². The molecule has 1 aliphatic heterocycles.